The maximum atomic E-state index is 4.96. The highest BCUT2D eigenvalue weighted by atomic mass is 14.8. The third kappa shape index (κ3) is 3.68. The zero-order valence-corrected chi connectivity index (χ0v) is 17.0. The van der Waals surface area contributed by atoms with Crippen LogP contribution >= 0.6 is 0 Å². The monoisotopic (exact) mass is 402 g/mol. The van der Waals surface area contributed by atoms with Crippen LogP contribution in [0.15, 0.2) is 66.8 Å². The van der Waals surface area contributed by atoms with Gasteiger partial charge in [0.05, 0.1) is 22.8 Å². The van der Waals surface area contributed by atoms with Crippen LogP contribution in [0, 0.1) is 5.92 Å². The summed E-state index contributed by atoms with van der Waals surface area (Å²) in [4.78, 5) is 16.7. The highest BCUT2D eigenvalue weighted by Gasteiger charge is 2.13. The molecule has 5 heterocycles. The van der Waals surface area contributed by atoms with Crippen molar-refractivity contribution in [2.45, 2.75) is 12.8 Å². The van der Waals surface area contributed by atoms with Crippen molar-refractivity contribution in [1.82, 2.24) is 19.9 Å². The second-order valence-corrected chi connectivity index (χ2v) is 8.17. The Balaban J connectivity index is 1.61. The van der Waals surface area contributed by atoms with Crippen LogP contribution in [0.2, 0.25) is 0 Å². The summed E-state index contributed by atoms with van der Waals surface area (Å²) in [5.41, 5.74) is 9.34. The molecular weight excluding hydrogens is 380 g/mol. The van der Waals surface area contributed by atoms with Gasteiger partial charge in [0, 0.05) is 27.6 Å². The Labute approximate surface area is 180 Å². The molecule has 4 heteroatoms. The SMILES string of the molecule is C1=CCC(Cc2c3nc(cc4ccc(cc5nc(cc6ccc2[nH]6)C=C5)[nH]4)C=C3)C=C1. The summed E-state index contributed by atoms with van der Waals surface area (Å²) in [6.07, 6.45) is 19.1. The van der Waals surface area contributed by atoms with Crippen molar-refractivity contribution in [3.63, 3.8) is 0 Å². The summed E-state index contributed by atoms with van der Waals surface area (Å²) >= 11 is 0. The standard InChI is InChI=1S/C27H22N4/c1-2-4-18(5-3-1)14-25-26-12-10-23(30-26)16-21-8-6-19(28-21)15-20-7-9-22(29-20)17-24-11-13-27(25)31-24/h1-4,6-13,15-18,28,31H,5,14H2. The topological polar surface area (TPSA) is 57.4 Å². The molecule has 0 fully saturated rings. The maximum Gasteiger partial charge on any atom is 0.0690 e. The lowest BCUT2D eigenvalue weighted by molar-refractivity contribution is 0.653. The lowest BCUT2D eigenvalue weighted by Gasteiger charge is -2.13. The predicted octanol–water partition coefficient (Wildman–Crippen LogP) is 6.33. The van der Waals surface area contributed by atoms with E-state index in [2.05, 4.69) is 95.0 Å². The molecule has 3 aromatic rings. The lowest BCUT2D eigenvalue weighted by atomic mass is 9.92. The van der Waals surface area contributed by atoms with Crippen LogP contribution in [0.3, 0.4) is 0 Å². The van der Waals surface area contributed by atoms with E-state index in [1.165, 1.54) is 5.56 Å². The van der Waals surface area contributed by atoms with E-state index in [4.69, 9.17) is 9.97 Å². The highest BCUT2D eigenvalue weighted by molar-refractivity contribution is 5.79. The molecule has 2 N–H and O–H groups in total. The van der Waals surface area contributed by atoms with E-state index in [1.807, 2.05) is 6.08 Å². The molecule has 1 atom stereocenters. The van der Waals surface area contributed by atoms with Gasteiger partial charge in [-0.1, -0.05) is 24.3 Å². The third-order valence-electron chi connectivity index (χ3n) is 5.86. The molecule has 0 saturated heterocycles. The molecule has 3 aromatic heterocycles. The van der Waals surface area contributed by atoms with Crippen LogP contribution in [0.1, 0.15) is 34.8 Å². The Morgan fingerprint density at radius 2 is 1.42 bits per heavy atom. The number of aromatic amines is 2. The summed E-state index contributed by atoms with van der Waals surface area (Å²) < 4.78 is 0. The van der Waals surface area contributed by atoms with Gasteiger partial charge >= 0.3 is 0 Å². The van der Waals surface area contributed by atoms with Gasteiger partial charge in [0.15, 0.2) is 0 Å². The number of nitrogens with one attached hydrogen (secondary N) is 2. The van der Waals surface area contributed by atoms with Crippen LogP contribution in [0.25, 0.3) is 46.4 Å². The third-order valence-corrected chi connectivity index (χ3v) is 5.86. The van der Waals surface area contributed by atoms with E-state index in [0.717, 1.165) is 57.7 Å². The molecule has 150 valence electrons. The fourth-order valence-electron chi connectivity index (χ4n) is 4.33. The summed E-state index contributed by atoms with van der Waals surface area (Å²) in [6, 6.07) is 14.7. The van der Waals surface area contributed by atoms with Crippen molar-refractivity contribution in [3.8, 4) is 0 Å². The molecule has 1 aliphatic carbocycles. The number of fused-ring (bicyclic) bond motifs is 8. The Bertz CT molecular complexity index is 1440. The molecule has 0 amide bonds. The number of hydrogen-bond acceptors (Lipinski definition) is 2. The predicted molar refractivity (Wildman–Crippen MR) is 129 cm³/mol. The Kier molecular flexibility index (Phi) is 4.27. The first-order valence-electron chi connectivity index (χ1n) is 10.7. The number of aromatic nitrogens is 4. The summed E-state index contributed by atoms with van der Waals surface area (Å²) in [7, 11) is 0. The minimum Gasteiger partial charge on any atom is -0.355 e. The fourth-order valence-corrected chi connectivity index (χ4v) is 4.33. The lowest BCUT2D eigenvalue weighted by Crippen LogP contribution is -2.04. The van der Waals surface area contributed by atoms with Crippen molar-refractivity contribution in [2.75, 3.05) is 0 Å². The number of hydrogen-bond donors (Lipinski definition) is 2. The molecule has 0 spiro atoms. The molecular formula is C27H22N4. The van der Waals surface area contributed by atoms with Gasteiger partial charge in [-0.25, -0.2) is 9.97 Å². The molecule has 3 aliphatic rings. The second-order valence-electron chi connectivity index (χ2n) is 8.17. The largest absolute Gasteiger partial charge is 0.355 e. The van der Waals surface area contributed by atoms with Crippen LogP contribution in [0.5, 0.6) is 0 Å². The molecule has 6 rings (SSSR count). The van der Waals surface area contributed by atoms with Crippen LogP contribution in [-0.4, -0.2) is 19.9 Å². The van der Waals surface area contributed by atoms with E-state index in [0.29, 0.717) is 5.92 Å². The van der Waals surface area contributed by atoms with Gasteiger partial charge in [0.2, 0.25) is 0 Å². The van der Waals surface area contributed by atoms with Crippen LogP contribution in [-0.2, 0) is 6.42 Å². The van der Waals surface area contributed by atoms with E-state index >= 15 is 0 Å². The van der Waals surface area contributed by atoms with E-state index in [9.17, 15) is 0 Å². The number of nitrogens with zero attached hydrogens (tertiary/aromatic N) is 2. The number of H-pyrrole nitrogens is 2. The van der Waals surface area contributed by atoms with Crippen molar-refractivity contribution >= 4 is 46.4 Å². The van der Waals surface area contributed by atoms with Crippen LogP contribution in [0.4, 0.5) is 0 Å². The average Bonchev–Trinajstić information content (AvgIpc) is 3.57. The highest BCUT2D eigenvalue weighted by Crippen LogP contribution is 2.26. The van der Waals surface area contributed by atoms with Crippen molar-refractivity contribution in [1.29, 1.82) is 0 Å². The smallest absolute Gasteiger partial charge is 0.0690 e. The molecule has 2 aliphatic heterocycles. The zero-order chi connectivity index (χ0) is 20.6. The molecule has 4 nitrogen and oxygen atoms in total. The first-order chi connectivity index (χ1) is 15.3. The van der Waals surface area contributed by atoms with Crippen molar-refractivity contribution in [3.05, 3.63) is 95.1 Å². The van der Waals surface area contributed by atoms with Gasteiger partial charge in [-0.15, -0.1) is 0 Å². The normalized spacial score (nSPS) is 16.8. The molecule has 0 aromatic carbocycles. The van der Waals surface area contributed by atoms with Gasteiger partial charge in [0.25, 0.3) is 0 Å². The molecule has 0 saturated carbocycles. The second kappa shape index (κ2) is 7.40. The summed E-state index contributed by atoms with van der Waals surface area (Å²) in [5, 5.41) is 0. The van der Waals surface area contributed by atoms with Crippen molar-refractivity contribution < 1.29 is 0 Å². The molecule has 31 heavy (non-hydrogen) atoms. The Morgan fingerprint density at radius 3 is 2.16 bits per heavy atom. The Hall–Kier alpha value is -3.92. The quantitative estimate of drug-likeness (QED) is 0.362. The molecule has 0 radical (unpaired) electrons. The maximum absolute atomic E-state index is 4.96. The minimum absolute atomic E-state index is 0.478. The number of allylic oxidation sites excluding steroid dienone is 4. The van der Waals surface area contributed by atoms with E-state index in [-0.39, 0.29) is 0 Å². The van der Waals surface area contributed by atoms with E-state index in [1.54, 1.807) is 0 Å². The summed E-state index contributed by atoms with van der Waals surface area (Å²) in [6.45, 7) is 0. The van der Waals surface area contributed by atoms with Gasteiger partial charge in [-0.05, 0) is 85.5 Å². The number of rotatable bonds is 2. The van der Waals surface area contributed by atoms with Crippen LogP contribution < -0.4 is 0 Å². The zero-order valence-electron chi connectivity index (χ0n) is 17.0. The van der Waals surface area contributed by atoms with Gasteiger partial charge in [-0.3, -0.25) is 0 Å². The van der Waals surface area contributed by atoms with Crippen molar-refractivity contribution in [2.24, 2.45) is 5.92 Å². The molecule has 8 bridgehead atoms. The first kappa shape index (κ1) is 17.9. The van der Waals surface area contributed by atoms with Gasteiger partial charge in [-0.2, -0.15) is 0 Å². The minimum atomic E-state index is 0.478. The van der Waals surface area contributed by atoms with E-state index < -0.39 is 0 Å². The van der Waals surface area contributed by atoms with Gasteiger partial charge < -0.3 is 9.97 Å². The molecule has 1 unspecified atom stereocenters. The fraction of sp³-hybridized carbons (Fsp3) is 0.111. The first-order valence-corrected chi connectivity index (χ1v) is 10.7. The Morgan fingerprint density at radius 1 is 0.742 bits per heavy atom. The average molecular weight is 403 g/mol. The summed E-state index contributed by atoms with van der Waals surface area (Å²) in [5.74, 6) is 0.478. The van der Waals surface area contributed by atoms with Gasteiger partial charge in [0.1, 0.15) is 0 Å².